The van der Waals surface area contributed by atoms with Crippen molar-refractivity contribution in [1.29, 1.82) is 0 Å². The van der Waals surface area contributed by atoms with Crippen LogP contribution in [-0.2, 0) is 12.6 Å². The largest absolute Gasteiger partial charge is 0.493 e. The van der Waals surface area contributed by atoms with Crippen LogP contribution in [-0.4, -0.2) is 35.3 Å². The molecule has 0 radical (unpaired) electrons. The molecule has 1 aromatic heterocycles. The van der Waals surface area contributed by atoms with Gasteiger partial charge < -0.3 is 20.1 Å². The summed E-state index contributed by atoms with van der Waals surface area (Å²) in [4.78, 5) is 16.5. The van der Waals surface area contributed by atoms with Gasteiger partial charge in [-0.05, 0) is 59.9 Å². The third-order valence-corrected chi connectivity index (χ3v) is 5.91. The van der Waals surface area contributed by atoms with Gasteiger partial charge in [0.2, 0.25) is 0 Å². The highest BCUT2D eigenvalue weighted by Gasteiger charge is 2.30. The van der Waals surface area contributed by atoms with Gasteiger partial charge in [0.05, 0.1) is 30.4 Å². The van der Waals surface area contributed by atoms with Crippen LogP contribution in [0.4, 0.5) is 13.2 Å². The number of hydrogen-bond donors (Lipinski definition) is 3. The molecule has 188 valence electrons. The Morgan fingerprint density at radius 3 is 2.58 bits per heavy atom. The van der Waals surface area contributed by atoms with Crippen LogP contribution in [0, 0.1) is 0 Å². The molecule has 0 spiro atoms. The van der Waals surface area contributed by atoms with E-state index in [0.29, 0.717) is 29.9 Å². The van der Waals surface area contributed by atoms with E-state index in [2.05, 4.69) is 10.3 Å². The Morgan fingerprint density at radius 2 is 1.83 bits per heavy atom. The molecule has 3 aromatic carbocycles. The van der Waals surface area contributed by atoms with Gasteiger partial charge in [0, 0.05) is 17.1 Å². The smallest absolute Gasteiger partial charge is 0.416 e. The van der Waals surface area contributed by atoms with Gasteiger partial charge in [-0.2, -0.15) is 13.2 Å². The molecule has 0 aliphatic carbocycles. The molecule has 0 saturated heterocycles. The summed E-state index contributed by atoms with van der Waals surface area (Å²) < 4.78 is 45.4. The van der Waals surface area contributed by atoms with E-state index in [4.69, 9.17) is 4.74 Å². The maximum absolute atomic E-state index is 13.3. The lowest BCUT2D eigenvalue weighted by molar-refractivity contribution is -0.137. The molecular weight excluding hydrogens is 469 g/mol. The molecule has 0 saturated carbocycles. The normalized spacial score (nSPS) is 12.5. The second-order valence-electron chi connectivity index (χ2n) is 8.55. The zero-order valence-electron chi connectivity index (χ0n) is 19.7. The summed E-state index contributed by atoms with van der Waals surface area (Å²) in [5, 5.41) is 13.8. The zero-order valence-corrected chi connectivity index (χ0v) is 19.7. The second-order valence-corrected chi connectivity index (χ2v) is 8.55. The van der Waals surface area contributed by atoms with Crippen LogP contribution in [0.2, 0.25) is 0 Å². The van der Waals surface area contributed by atoms with Crippen LogP contribution < -0.4 is 10.1 Å². The highest BCUT2D eigenvalue weighted by molar-refractivity contribution is 5.98. The highest BCUT2D eigenvalue weighted by atomic mass is 19.4. The average molecular weight is 497 g/mol. The number of halogens is 3. The van der Waals surface area contributed by atoms with Gasteiger partial charge in [-0.1, -0.05) is 43.3 Å². The third kappa shape index (κ3) is 5.71. The van der Waals surface area contributed by atoms with Crippen molar-refractivity contribution < 1.29 is 27.8 Å². The lowest BCUT2D eigenvalue weighted by atomic mass is 9.99. The molecular formula is C28H27F3N2O3. The Bertz CT molecular complexity index is 1350. The fraction of sp³-hybridized carbons (Fsp3) is 0.250. The number of carbonyl (C=O) groups is 1. The molecule has 3 N–H and O–H groups in total. The van der Waals surface area contributed by atoms with Crippen molar-refractivity contribution in [2.24, 2.45) is 0 Å². The van der Waals surface area contributed by atoms with Gasteiger partial charge in [-0.25, -0.2) is 0 Å². The second kappa shape index (κ2) is 10.9. The standard InChI is InChI=1S/C28H27F3N2O3/c1-2-12-36-26-11-10-19(18-6-5-7-21(13-18)28(29,30)31)15-24(26)27(35)33-22(17-34)14-20-16-32-25-9-4-3-8-23(20)25/h3-11,13,15-16,22,32,34H,2,12,14,17H2,1H3,(H,33,35). The molecule has 1 amide bonds. The van der Waals surface area contributed by atoms with Crippen LogP contribution in [0.25, 0.3) is 22.0 Å². The molecule has 0 aliphatic heterocycles. The van der Waals surface area contributed by atoms with Crippen LogP contribution in [0.15, 0.2) is 72.9 Å². The fourth-order valence-electron chi connectivity index (χ4n) is 4.09. The predicted molar refractivity (Wildman–Crippen MR) is 133 cm³/mol. The van der Waals surface area contributed by atoms with E-state index in [1.165, 1.54) is 12.1 Å². The minimum atomic E-state index is -4.48. The summed E-state index contributed by atoms with van der Waals surface area (Å²) in [5.41, 5.74) is 2.11. The summed E-state index contributed by atoms with van der Waals surface area (Å²) >= 11 is 0. The monoisotopic (exact) mass is 496 g/mol. The molecule has 0 aliphatic rings. The van der Waals surface area contributed by atoms with Crippen molar-refractivity contribution >= 4 is 16.8 Å². The average Bonchev–Trinajstić information content (AvgIpc) is 3.29. The molecule has 5 nitrogen and oxygen atoms in total. The Balaban J connectivity index is 1.62. The van der Waals surface area contributed by atoms with Gasteiger partial charge in [0.1, 0.15) is 5.75 Å². The number of carbonyl (C=O) groups excluding carboxylic acids is 1. The molecule has 1 unspecified atom stereocenters. The van der Waals surface area contributed by atoms with E-state index in [1.807, 2.05) is 37.4 Å². The van der Waals surface area contributed by atoms with Crippen molar-refractivity contribution in [2.45, 2.75) is 32.0 Å². The lowest BCUT2D eigenvalue weighted by Gasteiger charge is -2.18. The predicted octanol–water partition coefficient (Wildman–Crippen LogP) is 5.98. The van der Waals surface area contributed by atoms with E-state index >= 15 is 0 Å². The molecule has 4 rings (SSSR count). The molecule has 1 heterocycles. The Morgan fingerprint density at radius 1 is 1.06 bits per heavy atom. The van der Waals surface area contributed by atoms with Gasteiger partial charge in [0.15, 0.2) is 0 Å². The number of amides is 1. The summed E-state index contributed by atoms with van der Waals surface area (Å²) in [6.45, 7) is 2.02. The number of rotatable bonds is 9. The van der Waals surface area contributed by atoms with Crippen LogP contribution in [0.5, 0.6) is 5.75 Å². The first-order valence-electron chi connectivity index (χ1n) is 11.7. The SMILES string of the molecule is CCCOc1ccc(-c2cccc(C(F)(F)F)c2)cc1C(=O)NC(CO)Cc1c[nH]c2ccccc12. The number of H-pyrrole nitrogens is 1. The first-order valence-corrected chi connectivity index (χ1v) is 11.7. The fourth-order valence-corrected chi connectivity index (χ4v) is 4.09. The van der Waals surface area contributed by atoms with Gasteiger partial charge in [-0.3, -0.25) is 4.79 Å². The Labute approximate surface area is 206 Å². The summed E-state index contributed by atoms with van der Waals surface area (Å²) in [6, 6.07) is 16.9. The number of benzene rings is 3. The minimum absolute atomic E-state index is 0.190. The number of nitrogens with one attached hydrogen (secondary N) is 2. The number of aromatic amines is 1. The van der Waals surface area contributed by atoms with Gasteiger partial charge in [0.25, 0.3) is 5.91 Å². The van der Waals surface area contributed by atoms with Crippen molar-refractivity contribution in [2.75, 3.05) is 13.2 Å². The number of para-hydroxylation sites is 1. The Kier molecular flexibility index (Phi) is 7.64. The third-order valence-electron chi connectivity index (χ3n) is 5.91. The van der Waals surface area contributed by atoms with Gasteiger partial charge in [-0.15, -0.1) is 0 Å². The number of ether oxygens (including phenoxy) is 1. The van der Waals surface area contributed by atoms with Crippen LogP contribution in [0.1, 0.15) is 34.8 Å². The van der Waals surface area contributed by atoms with E-state index in [0.717, 1.165) is 35.0 Å². The maximum Gasteiger partial charge on any atom is 0.416 e. The molecule has 0 fully saturated rings. The molecule has 4 aromatic rings. The summed E-state index contributed by atoms with van der Waals surface area (Å²) in [6.07, 6.45) is -1.51. The topological polar surface area (TPSA) is 74.3 Å². The number of aliphatic hydroxyl groups is 1. The minimum Gasteiger partial charge on any atom is -0.493 e. The van der Waals surface area contributed by atoms with E-state index in [1.54, 1.807) is 18.2 Å². The van der Waals surface area contributed by atoms with Gasteiger partial charge >= 0.3 is 6.18 Å². The summed E-state index contributed by atoms with van der Waals surface area (Å²) in [7, 11) is 0. The first-order chi connectivity index (χ1) is 17.3. The quantitative estimate of drug-likeness (QED) is 0.267. The lowest BCUT2D eigenvalue weighted by Crippen LogP contribution is -2.39. The van der Waals surface area contributed by atoms with Crippen molar-refractivity contribution in [3.8, 4) is 16.9 Å². The van der Waals surface area contributed by atoms with E-state index in [-0.39, 0.29) is 12.2 Å². The number of aliphatic hydroxyl groups excluding tert-OH is 1. The zero-order chi connectivity index (χ0) is 25.7. The molecule has 0 bridgehead atoms. The Hall–Kier alpha value is -3.78. The maximum atomic E-state index is 13.3. The van der Waals surface area contributed by atoms with Crippen molar-refractivity contribution in [1.82, 2.24) is 10.3 Å². The molecule has 8 heteroatoms. The first kappa shape index (κ1) is 25.3. The number of hydrogen-bond acceptors (Lipinski definition) is 3. The molecule has 36 heavy (non-hydrogen) atoms. The van der Waals surface area contributed by atoms with Crippen LogP contribution >= 0.6 is 0 Å². The number of aromatic nitrogens is 1. The van der Waals surface area contributed by atoms with Crippen LogP contribution in [0.3, 0.4) is 0 Å². The van der Waals surface area contributed by atoms with E-state index < -0.39 is 23.7 Å². The number of alkyl halides is 3. The van der Waals surface area contributed by atoms with Crippen molar-refractivity contribution in [3.05, 3.63) is 89.6 Å². The number of fused-ring (bicyclic) bond motifs is 1. The highest BCUT2D eigenvalue weighted by Crippen LogP contribution is 2.33. The molecule has 1 atom stereocenters. The van der Waals surface area contributed by atoms with Crippen molar-refractivity contribution in [3.63, 3.8) is 0 Å². The summed E-state index contributed by atoms with van der Waals surface area (Å²) in [5.74, 6) is -0.150. The van der Waals surface area contributed by atoms with E-state index in [9.17, 15) is 23.1 Å².